The van der Waals surface area contributed by atoms with Crippen LogP contribution in [0.15, 0.2) is 36.4 Å². The Morgan fingerprint density at radius 1 is 0.808 bits per heavy atom. The molecule has 0 radical (unpaired) electrons. The molecule has 1 nitrogen and oxygen atoms in total. The van der Waals surface area contributed by atoms with Crippen molar-refractivity contribution in [2.24, 2.45) is 0 Å². The normalized spacial score (nSPS) is 13.9. The molecule has 0 N–H and O–H groups in total. The monoisotopic (exact) mass is 371 g/mol. The minimum absolute atomic E-state index is 0.310. The SMILES string of the molecule is [2H]C([2H])(c1cccc(-c2c(C(C)C)cccc2C(C)C)n1)P(C(C)C)C(C)C. The fourth-order valence-corrected chi connectivity index (χ4v) is 5.57. The molecule has 0 aliphatic carbocycles. The number of nitrogens with zero attached hydrogens (tertiary/aromatic N) is 1. The van der Waals surface area contributed by atoms with E-state index in [-0.39, 0.29) is 0 Å². The summed E-state index contributed by atoms with van der Waals surface area (Å²) in [4.78, 5) is 4.93. The minimum atomic E-state index is -1.40. The molecule has 0 atom stereocenters. The highest BCUT2D eigenvalue weighted by atomic mass is 31.1. The number of aromatic nitrogens is 1. The van der Waals surface area contributed by atoms with Crippen LogP contribution in [0.5, 0.6) is 0 Å². The molecule has 2 aromatic rings. The van der Waals surface area contributed by atoms with Gasteiger partial charge in [-0.1, -0.05) is 87.6 Å². The van der Waals surface area contributed by atoms with Gasteiger partial charge in [0.25, 0.3) is 0 Å². The first-order valence-electron chi connectivity index (χ1n) is 10.9. The third-order valence-corrected chi connectivity index (χ3v) is 7.45. The van der Waals surface area contributed by atoms with Gasteiger partial charge in [0.15, 0.2) is 0 Å². The maximum atomic E-state index is 8.95. The average Bonchev–Trinajstić information content (AvgIpc) is 2.60. The summed E-state index contributed by atoms with van der Waals surface area (Å²) in [6.45, 7) is 17.4. The molecule has 0 unspecified atom stereocenters. The van der Waals surface area contributed by atoms with Crippen LogP contribution in [0.4, 0.5) is 0 Å². The molecule has 1 aromatic carbocycles. The predicted molar refractivity (Wildman–Crippen MR) is 119 cm³/mol. The zero-order valence-electron chi connectivity index (χ0n) is 19.7. The second kappa shape index (κ2) is 9.14. The number of benzene rings is 1. The van der Waals surface area contributed by atoms with E-state index in [1.165, 1.54) is 16.7 Å². The van der Waals surface area contributed by atoms with E-state index in [4.69, 9.17) is 7.73 Å². The molecular formula is C24H36NP. The van der Waals surface area contributed by atoms with E-state index < -0.39 is 14.0 Å². The second-order valence-electron chi connectivity index (χ2n) is 8.24. The number of hydrogen-bond donors (Lipinski definition) is 0. The lowest BCUT2D eigenvalue weighted by atomic mass is 9.87. The Hall–Kier alpha value is -1.20. The van der Waals surface area contributed by atoms with Crippen LogP contribution in [-0.4, -0.2) is 16.3 Å². The van der Waals surface area contributed by atoms with Crippen LogP contribution < -0.4 is 0 Å². The molecule has 0 aliphatic heterocycles. The van der Waals surface area contributed by atoms with Crippen molar-refractivity contribution in [1.29, 1.82) is 0 Å². The second-order valence-corrected chi connectivity index (χ2v) is 11.3. The van der Waals surface area contributed by atoms with E-state index in [2.05, 4.69) is 73.6 Å². The van der Waals surface area contributed by atoms with Crippen molar-refractivity contribution in [2.45, 2.75) is 84.7 Å². The van der Waals surface area contributed by atoms with Gasteiger partial charge in [-0.25, -0.2) is 0 Å². The zero-order valence-corrected chi connectivity index (χ0v) is 18.6. The van der Waals surface area contributed by atoms with Gasteiger partial charge in [-0.05, 0) is 46.4 Å². The van der Waals surface area contributed by atoms with Crippen LogP contribution in [0, 0.1) is 0 Å². The Kier molecular flexibility index (Phi) is 6.39. The molecule has 0 spiro atoms. The number of pyridine rings is 1. The first-order valence-corrected chi connectivity index (χ1v) is 11.4. The van der Waals surface area contributed by atoms with Crippen molar-refractivity contribution in [3.8, 4) is 11.3 Å². The summed E-state index contributed by atoms with van der Waals surface area (Å²) in [5.41, 5.74) is 5.85. The molecule has 0 bridgehead atoms. The van der Waals surface area contributed by atoms with E-state index in [0.29, 0.717) is 28.8 Å². The molecule has 0 aliphatic rings. The average molecular weight is 372 g/mol. The molecule has 2 rings (SSSR count). The largest absolute Gasteiger partial charge is 0.252 e. The van der Waals surface area contributed by atoms with Gasteiger partial charge in [-0.3, -0.25) is 4.98 Å². The summed E-state index contributed by atoms with van der Waals surface area (Å²) in [6.07, 6.45) is -1.40. The summed E-state index contributed by atoms with van der Waals surface area (Å²) in [7, 11) is -0.849. The Labute approximate surface area is 165 Å². The lowest BCUT2D eigenvalue weighted by molar-refractivity contribution is 0.836. The third-order valence-electron chi connectivity index (χ3n) is 4.73. The topological polar surface area (TPSA) is 12.9 Å². The van der Waals surface area contributed by atoms with Gasteiger partial charge < -0.3 is 0 Å². The molecule has 1 heterocycles. The highest BCUT2D eigenvalue weighted by Gasteiger charge is 2.20. The lowest BCUT2D eigenvalue weighted by Gasteiger charge is -2.26. The van der Waals surface area contributed by atoms with Crippen molar-refractivity contribution >= 4 is 7.92 Å². The Morgan fingerprint density at radius 3 is 1.77 bits per heavy atom. The molecule has 0 saturated heterocycles. The van der Waals surface area contributed by atoms with Crippen LogP contribution >= 0.6 is 7.92 Å². The summed E-state index contributed by atoms with van der Waals surface area (Å²) in [5.74, 6) is 0.777. The van der Waals surface area contributed by atoms with Crippen LogP contribution in [0.25, 0.3) is 11.3 Å². The lowest BCUT2D eigenvalue weighted by Crippen LogP contribution is -2.07. The van der Waals surface area contributed by atoms with Crippen molar-refractivity contribution in [2.75, 3.05) is 0 Å². The van der Waals surface area contributed by atoms with Crippen molar-refractivity contribution < 1.29 is 2.74 Å². The van der Waals surface area contributed by atoms with Crippen LogP contribution in [0.3, 0.4) is 0 Å². The van der Waals surface area contributed by atoms with Crippen LogP contribution in [0.1, 0.15) is 86.8 Å². The fourth-order valence-electron chi connectivity index (χ4n) is 3.47. The fraction of sp³-hybridized carbons (Fsp3) is 0.542. The van der Waals surface area contributed by atoms with E-state index in [1.54, 1.807) is 0 Å². The maximum absolute atomic E-state index is 8.95. The van der Waals surface area contributed by atoms with Gasteiger partial charge in [0.1, 0.15) is 0 Å². The smallest absolute Gasteiger partial charge is 0.0711 e. The molecule has 0 amide bonds. The van der Waals surface area contributed by atoms with Gasteiger partial charge in [-0.2, -0.15) is 0 Å². The number of hydrogen-bond acceptors (Lipinski definition) is 1. The zero-order chi connectivity index (χ0) is 21.2. The summed E-state index contributed by atoms with van der Waals surface area (Å²) in [6, 6.07) is 12.4. The van der Waals surface area contributed by atoms with Gasteiger partial charge >= 0.3 is 0 Å². The highest BCUT2D eigenvalue weighted by molar-refractivity contribution is 7.58. The van der Waals surface area contributed by atoms with Crippen molar-refractivity contribution in [3.63, 3.8) is 0 Å². The van der Waals surface area contributed by atoms with Gasteiger partial charge in [0, 0.05) is 20.1 Å². The van der Waals surface area contributed by atoms with E-state index in [9.17, 15) is 0 Å². The molecule has 2 heteroatoms. The Morgan fingerprint density at radius 2 is 1.31 bits per heavy atom. The van der Waals surface area contributed by atoms with Crippen LogP contribution in [0.2, 0.25) is 0 Å². The van der Waals surface area contributed by atoms with E-state index in [1.807, 2.05) is 18.2 Å². The predicted octanol–water partition coefficient (Wildman–Crippen LogP) is 7.79. The summed E-state index contributed by atoms with van der Waals surface area (Å²) < 4.78 is 17.9. The van der Waals surface area contributed by atoms with Gasteiger partial charge in [0.05, 0.1) is 5.69 Å². The quantitative estimate of drug-likeness (QED) is 0.452. The van der Waals surface area contributed by atoms with E-state index in [0.717, 1.165) is 5.69 Å². The Bertz CT molecular complexity index is 763. The highest BCUT2D eigenvalue weighted by Crippen LogP contribution is 2.48. The van der Waals surface area contributed by atoms with E-state index >= 15 is 0 Å². The van der Waals surface area contributed by atoms with Gasteiger partial charge in [0.2, 0.25) is 0 Å². The summed E-state index contributed by atoms with van der Waals surface area (Å²) >= 11 is 0. The maximum Gasteiger partial charge on any atom is 0.0711 e. The minimum Gasteiger partial charge on any atom is -0.252 e. The summed E-state index contributed by atoms with van der Waals surface area (Å²) in [5, 5.41) is 0. The van der Waals surface area contributed by atoms with Crippen molar-refractivity contribution in [1.82, 2.24) is 4.98 Å². The molecule has 142 valence electrons. The van der Waals surface area contributed by atoms with Gasteiger partial charge in [-0.15, -0.1) is 0 Å². The first kappa shape index (κ1) is 18.2. The third kappa shape index (κ3) is 4.95. The molecule has 0 fully saturated rings. The molecule has 1 aromatic heterocycles. The van der Waals surface area contributed by atoms with Crippen molar-refractivity contribution in [3.05, 3.63) is 53.2 Å². The standard InChI is InChI=1S/C24H36NP/c1-16(2)21-12-10-13-22(17(3)4)24(21)23-14-9-11-20(25-23)15-26(18(5)6)19(7)8/h9-14,16-19H,15H2,1-8H3/i15D2. The Balaban J connectivity index is 2.67. The number of rotatable bonds is 7. The molecular weight excluding hydrogens is 333 g/mol. The molecule has 0 saturated carbocycles. The molecule has 26 heavy (non-hydrogen) atoms. The van der Waals surface area contributed by atoms with Crippen LogP contribution in [-0.2, 0) is 6.11 Å². The first-order chi connectivity index (χ1) is 13.0.